The normalized spacial score (nSPS) is 12.3. The quantitative estimate of drug-likeness (QED) is 0.0734. The fraction of sp³-hybridized carbons (Fsp3) is 0.941. The van der Waals surface area contributed by atoms with Gasteiger partial charge in [-0.05, 0) is 37.5 Å². The van der Waals surface area contributed by atoms with E-state index in [2.05, 4.69) is 27.7 Å². The van der Waals surface area contributed by atoms with Gasteiger partial charge >= 0.3 is 11.9 Å². The first-order chi connectivity index (χ1) is 18.3. The maximum absolute atomic E-state index is 12.1. The maximum atomic E-state index is 12.1. The number of hydrogen-bond donors (Lipinski definition) is 0. The number of carbonyl (C=O) groups excluding carboxylic acids is 2. The Morgan fingerprint density at radius 3 is 1.29 bits per heavy atom. The van der Waals surface area contributed by atoms with Gasteiger partial charge in [-0.2, -0.15) is 0 Å². The van der Waals surface area contributed by atoms with E-state index in [1.807, 2.05) is 6.92 Å². The molecule has 0 heterocycles. The van der Waals surface area contributed by atoms with Crippen LogP contribution in [0.15, 0.2) is 0 Å². The lowest BCUT2D eigenvalue weighted by atomic mass is 10.0. The van der Waals surface area contributed by atoms with Crippen LogP contribution in [0.1, 0.15) is 176 Å². The molecule has 38 heavy (non-hydrogen) atoms. The van der Waals surface area contributed by atoms with Gasteiger partial charge in [-0.3, -0.25) is 9.59 Å². The van der Waals surface area contributed by atoms with Crippen LogP contribution in [-0.2, 0) is 19.1 Å². The molecule has 0 fully saturated rings. The van der Waals surface area contributed by atoms with E-state index in [1.54, 1.807) is 0 Å². The van der Waals surface area contributed by atoms with Crippen molar-refractivity contribution in [3.05, 3.63) is 0 Å². The number of ether oxygens (including phenoxy) is 2. The Labute approximate surface area is 237 Å². The maximum Gasteiger partial charge on any atom is 0.308 e. The van der Waals surface area contributed by atoms with Crippen molar-refractivity contribution >= 4 is 11.9 Å². The Morgan fingerprint density at radius 1 is 0.447 bits per heavy atom. The standard InChI is InChI=1S/C34H66O4/c1-30(2)24-18-16-22-28-37-33(35)27-21-15-13-11-9-7-6-8-10-12-14-20-26-32(5)34(36)38-29-23-17-19-25-31(3)4/h30-32H,6-29H2,1-5H3. The molecular formula is C34H66O4. The van der Waals surface area contributed by atoms with E-state index in [4.69, 9.17) is 9.47 Å². The molecule has 0 aliphatic heterocycles. The van der Waals surface area contributed by atoms with Crippen molar-refractivity contribution in [3.8, 4) is 0 Å². The van der Waals surface area contributed by atoms with Crippen LogP contribution < -0.4 is 0 Å². The third-order valence-electron chi connectivity index (χ3n) is 7.53. The second-order valence-corrected chi connectivity index (χ2v) is 12.6. The van der Waals surface area contributed by atoms with E-state index in [9.17, 15) is 9.59 Å². The van der Waals surface area contributed by atoms with Gasteiger partial charge in [0.15, 0.2) is 0 Å². The van der Waals surface area contributed by atoms with Gasteiger partial charge in [0.1, 0.15) is 0 Å². The zero-order valence-corrected chi connectivity index (χ0v) is 26.3. The Balaban J connectivity index is 3.32. The van der Waals surface area contributed by atoms with Crippen molar-refractivity contribution in [1.29, 1.82) is 0 Å². The number of esters is 2. The molecule has 4 nitrogen and oxygen atoms in total. The van der Waals surface area contributed by atoms with Gasteiger partial charge in [0.05, 0.1) is 19.1 Å². The molecule has 0 aliphatic carbocycles. The zero-order chi connectivity index (χ0) is 28.3. The molecule has 0 N–H and O–H groups in total. The Morgan fingerprint density at radius 2 is 0.816 bits per heavy atom. The molecule has 1 unspecified atom stereocenters. The van der Waals surface area contributed by atoms with Crippen molar-refractivity contribution in [2.75, 3.05) is 13.2 Å². The minimum Gasteiger partial charge on any atom is -0.466 e. The fourth-order valence-corrected chi connectivity index (χ4v) is 4.84. The van der Waals surface area contributed by atoms with Crippen molar-refractivity contribution in [3.63, 3.8) is 0 Å². The van der Waals surface area contributed by atoms with E-state index in [0.29, 0.717) is 19.6 Å². The summed E-state index contributed by atoms with van der Waals surface area (Å²) in [5.41, 5.74) is 0. The molecule has 0 aromatic rings. The molecule has 0 saturated carbocycles. The number of rotatable bonds is 28. The molecule has 0 amide bonds. The van der Waals surface area contributed by atoms with Gasteiger partial charge in [0, 0.05) is 6.42 Å². The minimum absolute atomic E-state index is 0.00306. The lowest BCUT2D eigenvalue weighted by Crippen LogP contribution is -2.15. The van der Waals surface area contributed by atoms with Crippen molar-refractivity contribution < 1.29 is 19.1 Å². The topological polar surface area (TPSA) is 52.6 Å². The molecule has 0 aromatic carbocycles. The van der Waals surface area contributed by atoms with Crippen molar-refractivity contribution in [1.82, 2.24) is 0 Å². The largest absolute Gasteiger partial charge is 0.466 e. The van der Waals surface area contributed by atoms with E-state index < -0.39 is 0 Å². The Kier molecular flexibility index (Phi) is 26.7. The summed E-state index contributed by atoms with van der Waals surface area (Å²) in [6.07, 6.45) is 25.8. The van der Waals surface area contributed by atoms with Gasteiger partial charge in [0.2, 0.25) is 0 Å². The average molecular weight is 539 g/mol. The second-order valence-electron chi connectivity index (χ2n) is 12.6. The smallest absolute Gasteiger partial charge is 0.308 e. The predicted molar refractivity (Wildman–Crippen MR) is 162 cm³/mol. The van der Waals surface area contributed by atoms with Crippen molar-refractivity contribution in [2.24, 2.45) is 17.8 Å². The van der Waals surface area contributed by atoms with Crippen LogP contribution in [-0.4, -0.2) is 25.2 Å². The second kappa shape index (κ2) is 27.5. The van der Waals surface area contributed by atoms with E-state index >= 15 is 0 Å². The summed E-state index contributed by atoms with van der Waals surface area (Å²) < 4.78 is 10.8. The highest BCUT2D eigenvalue weighted by Crippen LogP contribution is 2.16. The lowest BCUT2D eigenvalue weighted by molar-refractivity contribution is -0.148. The summed E-state index contributed by atoms with van der Waals surface area (Å²) in [5.74, 6) is 1.57. The molecule has 1 atom stereocenters. The highest BCUT2D eigenvalue weighted by atomic mass is 16.5. The van der Waals surface area contributed by atoms with Gasteiger partial charge in [-0.25, -0.2) is 0 Å². The SMILES string of the molecule is CC(C)CCCCCOC(=O)CCCCCCCCCCCCCCC(C)C(=O)OCCCCCC(C)C. The highest BCUT2D eigenvalue weighted by Gasteiger charge is 2.13. The van der Waals surface area contributed by atoms with E-state index in [1.165, 1.54) is 89.9 Å². The molecular weight excluding hydrogens is 472 g/mol. The first kappa shape index (κ1) is 36.9. The molecule has 0 aliphatic rings. The van der Waals surface area contributed by atoms with Crippen molar-refractivity contribution in [2.45, 2.75) is 176 Å². The Bertz CT molecular complexity index is 529. The monoisotopic (exact) mass is 538 g/mol. The first-order valence-electron chi connectivity index (χ1n) is 16.6. The van der Waals surface area contributed by atoms with Crippen LogP contribution in [0.25, 0.3) is 0 Å². The first-order valence-corrected chi connectivity index (χ1v) is 16.6. The number of hydrogen-bond acceptors (Lipinski definition) is 4. The van der Waals surface area contributed by atoms with Crippen LogP contribution in [0.4, 0.5) is 0 Å². The van der Waals surface area contributed by atoms with Gasteiger partial charge < -0.3 is 9.47 Å². The third kappa shape index (κ3) is 28.0. The summed E-state index contributed by atoms with van der Waals surface area (Å²) in [6.45, 7) is 12.2. The van der Waals surface area contributed by atoms with Gasteiger partial charge in [0.25, 0.3) is 0 Å². The molecule has 4 heteroatoms. The molecule has 0 bridgehead atoms. The molecule has 0 rings (SSSR count). The Hall–Kier alpha value is -1.06. The van der Waals surface area contributed by atoms with Crippen LogP contribution in [0.2, 0.25) is 0 Å². The third-order valence-corrected chi connectivity index (χ3v) is 7.53. The van der Waals surface area contributed by atoms with E-state index in [-0.39, 0.29) is 17.9 Å². The predicted octanol–water partition coefficient (Wildman–Crippen LogP) is 10.6. The molecule has 0 spiro atoms. The minimum atomic E-state index is -0.00819. The number of carbonyl (C=O) groups is 2. The summed E-state index contributed by atoms with van der Waals surface area (Å²) in [4.78, 5) is 23.9. The van der Waals surface area contributed by atoms with Gasteiger partial charge in [-0.1, -0.05) is 144 Å². The van der Waals surface area contributed by atoms with Crippen LogP contribution in [0, 0.1) is 17.8 Å². The number of unbranched alkanes of at least 4 members (excludes halogenated alkanes) is 15. The van der Waals surface area contributed by atoms with Gasteiger partial charge in [-0.15, -0.1) is 0 Å². The summed E-state index contributed by atoms with van der Waals surface area (Å²) in [6, 6.07) is 0. The fourth-order valence-electron chi connectivity index (χ4n) is 4.84. The summed E-state index contributed by atoms with van der Waals surface area (Å²) in [7, 11) is 0. The van der Waals surface area contributed by atoms with E-state index in [0.717, 1.165) is 56.8 Å². The summed E-state index contributed by atoms with van der Waals surface area (Å²) >= 11 is 0. The van der Waals surface area contributed by atoms with Crippen LogP contribution in [0.3, 0.4) is 0 Å². The average Bonchev–Trinajstić information content (AvgIpc) is 2.87. The molecule has 0 radical (unpaired) electrons. The zero-order valence-electron chi connectivity index (χ0n) is 26.3. The van der Waals surface area contributed by atoms with Crippen LogP contribution in [0.5, 0.6) is 0 Å². The summed E-state index contributed by atoms with van der Waals surface area (Å²) in [5, 5.41) is 0. The highest BCUT2D eigenvalue weighted by molar-refractivity contribution is 5.71. The van der Waals surface area contributed by atoms with Crippen LogP contribution >= 0.6 is 0 Å². The molecule has 226 valence electrons. The lowest BCUT2D eigenvalue weighted by Gasteiger charge is -2.11. The molecule has 0 saturated heterocycles. The molecule has 0 aromatic heterocycles.